The van der Waals surface area contributed by atoms with Gasteiger partial charge in [0.25, 0.3) is 0 Å². The fraction of sp³-hybridized carbons (Fsp3) is 0.308. The van der Waals surface area contributed by atoms with E-state index in [2.05, 4.69) is 28.3 Å². The standard InChI is InChI=1S/C13H14N4S/c1-3-11-8-16-13(18-11)9(2)17-12-10(7-14)5-4-6-15-12/h4-6,8-9H,3H2,1-2H3,(H,15,17). The summed E-state index contributed by atoms with van der Waals surface area (Å²) < 4.78 is 0. The molecule has 0 aliphatic rings. The number of pyridine rings is 1. The van der Waals surface area contributed by atoms with Crippen LogP contribution in [0.25, 0.3) is 0 Å². The van der Waals surface area contributed by atoms with Crippen molar-refractivity contribution < 1.29 is 0 Å². The molecule has 2 aromatic rings. The van der Waals surface area contributed by atoms with Crippen LogP contribution >= 0.6 is 11.3 Å². The third-order valence-corrected chi connectivity index (χ3v) is 3.90. The van der Waals surface area contributed by atoms with Crippen molar-refractivity contribution in [2.24, 2.45) is 0 Å². The highest BCUT2D eigenvalue weighted by Crippen LogP contribution is 2.24. The van der Waals surface area contributed by atoms with Crippen molar-refractivity contribution in [3.8, 4) is 6.07 Å². The highest BCUT2D eigenvalue weighted by molar-refractivity contribution is 7.11. The average molecular weight is 258 g/mol. The van der Waals surface area contributed by atoms with E-state index in [0.29, 0.717) is 11.4 Å². The zero-order valence-corrected chi connectivity index (χ0v) is 11.2. The van der Waals surface area contributed by atoms with Crippen LogP contribution in [0.1, 0.15) is 35.3 Å². The molecule has 92 valence electrons. The number of nitriles is 1. The molecule has 0 bridgehead atoms. The van der Waals surface area contributed by atoms with Crippen molar-refractivity contribution in [3.63, 3.8) is 0 Å². The smallest absolute Gasteiger partial charge is 0.144 e. The molecule has 0 amide bonds. The lowest BCUT2D eigenvalue weighted by atomic mass is 10.2. The molecule has 0 saturated carbocycles. The minimum Gasteiger partial charge on any atom is -0.360 e. The molecule has 0 saturated heterocycles. The molecule has 0 fully saturated rings. The molecular weight excluding hydrogens is 244 g/mol. The van der Waals surface area contributed by atoms with Crippen molar-refractivity contribution in [1.29, 1.82) is 5.26 Å². The Kier molecular flexibility index (Phi) is 3.90. The Labute approximate surface area is 110 Å². The molecule has 2 aromatic heterocycles. The van der Waals surface area contributed by atoms with Gasteiger partial charge in [0, 0.05) is 17.3 Å². The first-order valence-corrected chi connectivity index (χ1v) is 6.62. The molecule has 5 heteroatoms. The fourth-order valence-electron chi connectivity index (χ4n) is 1.56. The number of nitrogens with one attached hydrogen (secondary N) is 1. The monoisotopic (exact) mass is 258 g/mol. The number of hydrogen-bond donors (Lipinski definition) is 1. The summed E-state index contributed by atoms with van der Waals surface area (Å²) in [6, 6.07) is 5.69. The van der Waals surface area contributed by atoms with Crippen LogP contribution in [-0.2, 0) is 6.42 Å². The van der Waals surface area contributed by atoms with Crippen molar-refractivity contribution >= 4 is 17.2 Å². The van der Waals surface area contributed by atoms with Gasteiger partial charge in [-0.1, -0.05) is 6.92 Å². The maximum absolute atomic E-state index is 9.00. The number of hydrogen-bond acceptors (Lipinski definition) is 5. The Balaban J connectivity index is 2.16. The number of nitrogens with zero attached hydrogens (tertiary/aromatic N) is 3. The van der Waals surface area contributed by atoms with Crippen LogP contribution in [0.5, 0.6) is 0 Å². The van der Waals surface area contributed by atoms with Gasteiger partial charge >= 0.3 is 0 Å². The predicted molar refractivity (Wildman–Crippen MR) is 72.5 cm³/mol. The van der Waals surface area contributed by atoms with Gasteiger partial charge < -0.3 is 5.32 Å². The highest BCUT2D eigenvalue weighted by atomic mass is 32.1. The molecule has 2 heterocycles. The molecule has 4 nitrogen and oxygen atoms in total. The third kappa shape index (κ3) is 2.66. The zero-order chi connectivity index (χ0) is 13.0. The van der Waals surface area contributed by atoms with Crippen LogP contribution in [0.15, 0.2) is 24.5 Å². The van der Waals surface area contributed by atoms with Gasteiger partial charge in [0.05, 0.1) is 11.6 Å². The van der Waals surface area contributed by atoms with Gasteiger partial charge in [0.15, 0.2) is 0 Å². The van der Waals surface area contributed by atoms with E-state index in [9.17, 15) is 0 Å². The van der Waals surface area contributed by atoms with Crippen molar-refractivity contribution in [1.82, 2.24) is 9.97 Å². The van der Waals surface area contributed by atoms with Gasteiger partial charge in [0.1, 0.15) is 16.9 Å². The average Bonchev–Trinajstić information content (AvgIpc) is 2.88. The van der Waals surface area contributed by atoms with Crippen molar-refractivity contribution in [2.75, 3.05) is 5.32 Å². The van der Waals surface area contributed by atoms with E-state index in [4.69, 9.17) is 5.26 Å². The van der Waals surface area contributed by atoms with Gasteiger partial charge in [-0.15, -0.1) is 11.3 Å². The van der Waals surface area contributed by atoms with E-state index in [0.717, 1.165) is 11.4 Å². The quantitative estimate of drug-likeness (QED) is 0.915. The van der Waals surface area contributed by atoms with E-state index < -0.39 is 0 Å². The minimum absolute atomic E-state index is 0.0531. The van der Waals surface area contributed by atoms with E-state index in [1.54, 1.807) is 29.7 Å². The SMILES string of the molecule is CCc1cnc(C(C)Nc2ncccc2C#N)s1. The summed E-state index contributed by atoms with van der Waals surface area (Å²) in [6.45, 7) is 4.13. The third-order valence-electron chi connectivity index (χ3n) is 2.57. The Bertz CT molecular complexity index is 570. The van der Waals surface area contributed by atoms with Crippen molar-refractivity contribution in [3.05, 3.63) is 40.0 Å². The summed E-state index contributed by atoms with van der Waals surface area (Å²) >= 11 is 1.69. The van der Waals surface area contributed by atoms with E-state index in [1.165, 1.54) is 4.88 Å². The summed E-state index contributed by atoms with van der Waals surface area (Å²) in [5, 5.41) is 13.2. The van der Waals surface area contributed by atoms with E-state index in [-0.39, 0.29) is 6.04 Å². The Morgan fingerprint density at radius 3 is 3.00 bits per heavy atom. The largest absolute Gasteiger partial charge is 0.360 e. The van der Waals surface area contributed by atoms with Gasteiger partial charge in [0.2, 0.25) is 0 Å². The molecule has 0 aliphatic carbocycles. The molecule has 0 aliphatic heterocycles. The lowest BCUT2D eigenvalue weighted by Gasteiger charge is -2.12. The summed E-state index contributed by atoms with van der Waals surface area (Å²) in [7, 11) is 0. The summed E-state index contributed by atoms with van der Waals surface area (Å²) in [4.78, 5) is 9.83. The second-order valence-corrected chi connectivity index (χ2v) is 5.04. The van der Waals surface area contributed by atoms with Gasteiger partial charge in [-0.2, -0.15) is 5.26 Å². The van der Waals surface area contributed by atoms with Gasteiger partial charge in [-0.25, -0.2) is 9.97 Å². The molecule has 0 radical (unpaired) electrons. The molecular formula is C13H14N4S. The first-order chi connectivity index (χ1) is 8.74. The van der Waals surface area contributed by atoms with E-state index in [1.807, 2.05) is 13.1 Å². The fourth-order valence-corrected chi connectivity index (χ4v) is 2.42. The maximum atomic E-state index is 9.00. The predicted octanol–water partition coefficient (Wildman–Crippen LogP) is 3.15. The number of aromatic nitrogens is 2. The Morgan fingerprint density at radius 1 is 1.50 bits per heavy atom. The van der Waals surface area contributed by atoms with Crippen LogP contribution in [0.4, 0.5) is 5.82 Å². The number of anilines is 1. The van der Waals surface area contributed by atoms with Crippen molar-refractivity contribution in [2.45, 2.75) is 26.3 Å². The minimum atomic E-state index is 0.0531. The Hall–Kier alpha value is -1.93. The number of thiazole rings is 1. The van der Waals surface area contributed by atoms with Gasteiger partial charge in [-0.3, -0.25) is 0 Å². The van der Waals surface area contributed by atoms with E-state index >= 15 is 0 Å². The second kappa shape index (κ2) is 5.61. The van der Waals surface area contributed by atoms with Crippen LogP contribution in [0.3, 0.4) is 0 Å². The number of aryl methyl sites for hydroxylation is 1. The topological polar surface area (TPSA) is 61.6 Å². The first-order valence-electron chi connectivity index (χ1n) is 5.80. The maximum Gasteiger partial charge on any atom is 0.144 e. The van der Waals surface area contributed by atoms with Crippen LogP contribution < -0.4 is 5.32 Å². The normalized spacial score (nSPS) is 11.8. The zero-order valence-electron chi connectivity index (χ0n) is 10.3. The lowest BCUT2D eigenvalue weighted by molar-refractivity contribution is 0.859. The molecule has 0 aromatic carbocycles. The van der Waals surface area contributed by atoms with Crippen LogP contribution in [0, 0.1) is 11.3 Å². The summed E-state index contributed by atoms with van der Waals surface area (Å²) in [5.41, 5.74) is 0.552. The summed E-state index contributed by atoms with van der Waals surface area (Å²) in [6.07, 6.45) is 4.58. The second-order valence-electron chi connectivity index (χ2n) is 3.90. The summed E-state index contributed by atoms with van der Waals surface area (Å²) in [5.74, 6) is 0.612. The van der Waals surface area contributed by atoms with Crippen LogP contribution in [0.2, 0.25) is 0 Å². The number of rotatable bonds is 4. The Morgan fingerprint density at radius 2 is 2.33 bits per heavy atom. The highest BCUT2D eigenvalue weighted by Gasteiger charge is 2.12. The molecule has 1 N–H and O–H groups in total. The van der Waals surface area contributed by atoms with Crippen LogP contribution in [-0.4, -0.2) is 9.97 Å². The lowest BCUT2D eigenvalue weighted by Crippen LogP contribution is -2.08. The molecule has 1 atom stereocenters. The molecule has 18 heavy (non-hydrogen) atoms. The molecule has 2 rings (SSSR count). The molecule has 1 unspecified atom stereocenters. The first kappa shape index (κ1) is 12.5. The molecule has 0 spiro atoms. The van der Waals surface area contributed by atoms with Gasteiger partial charge in [-0.05, 0) is 25.5 Å².